The van der Waals surface area contributed by atoms with Gasteiger partial charge in [-0.1, -0.05) is 31.5 Å². The van der Waals surface area contributed by atoms with E-state index in [4.69, 9.17) is 11.6 Å². The number of benzene rings is 1. The smallest absolute Gasteiger partial charge is 0.0426 e. The zero-order valence-corrected chi connectivity index (χ0v) is 12.1. The molecule has 2 unspecified atom stereocenters. The van der Waals surface area contributed by atoms with E-state index in [9.17, 15) is 0 Å². The Hall–Kier alpha value is -0.730. The maximum Gasteiger partial charge on any atom is 0.0426 e. The van der Waals surface area contributed by atoms with Crippen LogP contribution in [0.25, 0.3) is 0 Å². The first-order valence-corrected chi connectivity index (χ1v) is 7.32. The predicted octanol–water partition coefficient (Wildman–Crippen LogP) is 3.55. The van der Waals surface area contributed by atoms with Gasteiger partial charge in [-0.15, -0.1) is 0 Å². The van der Waals surface area contributed by atoms with Crippen LogP contribution >= 0.6 is 11.6 Å². The van der Waals surface area contributed by atoms with E-state index in [0.717, 1.165) is 24.7 Å². The summed E-state index contributed by atoms with van der Waals surface area (Å²) in [4.78, 5) is 2.45. The molecule has 2 rings (SSSR count). The molecule has 0 aromatic heterocycles. The summed E-state index contributed by atoms with van der Waals surface area (Å²) in [5.41, 5.74) is 1.25. The maximum atomic E-state index is 6.06. The van der Waals surface area contributed by atoms with Crippen LogP contribution in [0.4, 0.5) is 5.69 Å². The molecule has 0 saturated carbocycles. The minimum absolute atomic E-state index is 0.667. The monoisotopic (exact) mass is 266 g/mol. The van der Waals surface area contributed by atoms with Crippen LogP contribution in [0, 0.1) is 5.92 Å². The van der Waals surface area contributed by atoms with E-state index in [1.165, 1.54) is 18.5 Å². The van der Waals surface area contributed by atoms with Gasteiger partial charge in [-0.05, 0) is 43.5 Å². The zero-order valence-electron chi connectivity index (χ0n) is 11.3. The second kappa shape index (κ2) is 6.44. The van der Waals surface area contributed by atoms with Crippen molar-refractivity contribution in [3.8, 4) is 0 Å². The molecule has 2 atom stereocenters. The number of piperidine rings is 1. The minimum atomic E-state index is 0.667. The molecule has 1 fully saturated rings. The van der Waals surface area contributed by atoms with Gasteiger partial charge < -0.3 is 10.2 Å². The summed E-state index contributed by atoms with van der Waals surface area (Å²) in [7, 11) is 0. The Kier molecular flexibility index (Phi) is 4.90. The molecule has 0 bridgehead atoms. The molecule has 1 aliphatic heterocycles. The molecule has 0 radical (unpaired) electrons. The van der Waals surface area contributed by atoms with Crippen LogP contribution in [0.1, 0.15) is 26.7 Å². The number of nitrogens with one attached hydrogen (secondary N) is 1. The van der Waals surface area contributed by atoms with E-state index in [-0.39, 0.29) is 0 Å². The molecule has 18 heavy (non-hydrogen) atoms. The number of nitrogens with zero attached hydrogens (tertiary/aromatic N) is 1. The highest BCUT2D eigenvalue weighted by atomic mass is 35.5. The lowest BCUT2D eigenvalue weighted by Crippen LogP contribution is -2.48. The van der Waals surface area contributed by atoms with E-state index in [1.807, 2.05) is 12.1 Å². The highest BCUT2D eigenvalue weighted by Crippen LogP contribution is 2.25. The van der Waals surface area contributed by atoms with Crippen LogP contribution < -0.4 is 10.2 Å². The van der Waals surface area contributed by atoms with E-state index < -0.39 is 0 Å². The number of hydrogen-bond donors (Lipinski definition) is 1. The third kappa shape index (κ3) is 3.39. The van der Waals surface area contributed by atoms with Crippen molar-refractivity contribution in [2.24, 2.45) is 5.92 Å². The molecule has 0 amide bonds. The van der Waals surface area contributed by atoms with Crippen LogP contribution in [0.2, 0.25) is 5.02 Å². The molecule has 3 heteroatoms. The van der Waals surface area contributed by atoms with Gasteiger partial charge in [-0.2, -0.15) is 0 Å². The molecule has 1 saturated heterocycles. The fraction of sp³-hybridized carbons (Fsp3) is 0.600. The molecule has 2 nitrogen and oxygen atoms in total. The van der Waals surface area contributed by atoms with Crippen LogP contribution in [-0.4, -0.2) is 25.7 Å². The molecular weight excluding hydrogens is 244 g/mol. The standard InChI is InChI=1S/C15H23ClN2/c1-3-8-17-15-7-9-18(11-12(15)2)14-6-4-5-13(16)10-14/h4-6,10,12,15,17H,3,7-9,11H2,1-2H3. The lowest BCUT2D eigenvalue weighted by molar-refractivity contribution is 0.322. The van der Waals surface area contributed by atoms with Gasteiger partial charge in [0, 0.05) is 29.8 Å². The third-order valence-electron chi connectivity index (χ3n) is 3.74. The molecule has 1 heterocycles. The van der Waals surface area contributed by atoms with Gasteiger partial charge >= 0.3 is 0 Å². The summed E-state index contributed by atoms with van der Waals surface area (Å²) in [6.07, 6.45) is 2.43. The predicted molar refractivity (Wildman–Crippen MR) is 79.5 cm³/mol. The molecule has 100 valence electrons. The van der Waals surface area contributed by atoms with Crippen molar-refractivity contribution in [3.05, 3.63) is 29.3 Å². The van der Waals surface area contributed by atoms with Crippen molar-refractivity contribution in [3.63, 3.8) is 0 Å². The normalized spacial score (nSPS) is 24.3. The summed E-state index contributed by atoms with van der Waals surface area (Å²) >= 11 is 6.06. The van der Waals surface area contributed by atoms with Gasteiger partial charge in [0.25, 0.3) is 0 Å². The summed E-state index contributed by atoms with van der Waals surface area (Å²) in [5.74, 6) is 0.685. The molecule has 1 aliphatic rings. The van der Waals surface area contributed by atoms with Crippen LogP contribution in [0.15, 0.2) is 24.3 Å². The Morgan fingerprint density at radius 2 is 2.28 bits per heavy atom. The molecule has 1 aromatic rings. The van der Waals surface area contributed by atoms with Crippen LogP contribution in [-0.2, 0) is 0 Å². The summed E-state index contributed by atoms with van der Waals surface area (Å²) in [5, 5.41) is 4.48. The minimum Gasteiger partial charge on any atom is -0.371 e. The molecular formula is C15H23ClN2. The van der Waals surface area contributed by atoms with Crippen molar-refractivity contribution in [1.29, 1.82) is 0 Å². The highest BCUT2D eigenvalue weighted by molar-refractivity contribution is 6.30. The average Bonchev–Trinajstić information content (AvgIpc) is 2.37. The first-order chi connectivity index (χ1) is 8.70. The van der Waals surface area contributed by atoms with Crippen LogP contribution in [0.3, 0.4) is 0 Å². The molecule has 0 aliphatic carbocycles. The Bertz CT molecular complexity index is 381. The summed E-state index contributed by atoms with van der Waals surface area (Å²) in [6, 6.07) is 8.85. The van der Waals surface area contributed by atoms with Gasteiger partial charge in [0.05, 0.1) is 0 Å². The average molecular weight is 267 g/mol. The Labute approximate surface area is 115 Å². The lowest BCUT2D eigenvalue weighted by atomic mass is 9.93. The lowest BCUT2D eigenvalue weighted by Gasteiger charge is -2.38. The number of halogens is 1. The Morgan fingerprint density at radius 3 is 2.94 bits per heavy atom. The molecule has 1 aromatic carbocycles. The molecule has 0 spiro atoms. The fourth-order valence-electron chi connectivity index (χ4n) is 2.69. The van der Waals surface area contributed by atoms with Crippen LogP contribution in [0.5, 0.6) is 0 Å². The van der Waals surface area contributed by atoms with E-state index in [0.29, 0.717) is 12.0 Å². The Morgan fingerprint density at radius 1 is 1.44 bits per heavy atom. The second-order valence-corrected chi connectivity index (χ2v) is 5.69. The van der Waals surface area contributed by atoms with Crippen molar-refractivity contribution in [1.82, 2.24) is 5.32 Å². The van der Waals surface area contributed by atoms with Crippen molar-refractivity contribution in [2.75, 3.05) is 24.5 Å². The second-order valence-electron chi connectivity index (χ2n) is 5.25. The number of anilines is 1. The van der Waals surface area contributed by atoms with Crippen molar-refractivity contribution in [2.45, 2.75) is 32.7 Å². The zero-order chi connectivity index (χ0) is 13.0. The molecule has 1 N–H and O–H groups in total. The maximum absolute atomic E-state index is 6.06. The quantitative estimate of drug-likeness (QED) is 0.897. The summed E-state index contributed by atoms with van der Waals surface area (Å²) < 4.78 is 0. The third-order valence-corrected chi connectivity index (χ3v) is 3.97. The fourth-order valence-corrected chi connectivity index (χ4v) is 2.87. The van der Waals surface area contributed by atoms with Gasteiger partial charge in [0.15, 0.2) is 0 Å². The van der Waals surface area contributed by atoms with Gasteiger partial charge in [-0.3, -0.25) is 0 Å². The summed E-state index contributed by atoms with van der Waals surface area (Å²) in [6.45, 7) is 7.92. The van der Waals surface area contributed by atoms with Crippen molar-refractivity contribution >= 4 is 17.3 Å². The van der Waals surface area contributed by atoms with E-state index in [1.54, 1.807) is 0 Å². The highest BCUT2D eigenvalue weighted by Gasteiger charge is 2.25. The van der Waals surface area contributed by atoms with Gasteiger partial charge in [0.1, 0.15) is 0 Å². The number of hydrogen-bond acceptors (Lipinski definition) is 2. The topological polar surface area (TPSA) is 15.3 Å². The van der Waals surface area contributed by atoms with Crippen molar-refractivity contribution < 1.29 is 0 Å². The first-order valence-electron chi connectivity index (χ1n) is 6.94. The van der Waals surface area contributed by atoms with E-state index in [2.05, 4.69) is 36.2 Å². The van der Waals surface area contributed by atoms with Gasteiger partial charge in [0.2, 0.25) is 0 Å². The first kappa shape index (κ1) is 13.7. The SMILES string of the molecule is CCCNC1CCN(c2cccc(Cl)c2)CC1C. The largest absolute Gasteiger partial charge is 0.371 e. The number of rotatable bonds is 4. The van der Waals surface area contributed by atoms with Gasteiger partial charge in [-0.25, -0.2) is 0 Å². The Balaban J connectivity index is 1.95. The van der Waals surface area contributed by atoms with E-state index >= 15 is 0 Å².